The van der Waals surface area contributed by atoms with Crippen molar-refractivity contribution in [2.45, 2.75) is 77.6 Å². The molecule has 20 nitrogen and oxygen atoms in total. The summed E-state index contributed by atoms with van der Waals surface area (Å²) < 4.78 is 104. The second-order valence-electron chi connectivity index (χ2n) is 15.9. The van der Waals surface area contributed by atoms with Gasteiger partial charge in [-0.05, 0) is 6.42 Å². The lowest BCUT2D eigenvalue weighted by molar-refractivity contribution is -0.0313. The van der Waals surface area contributed by atoms with Crippen molar-refractivity contribution in [3.05, 3.63) is 0 Å². The van der Waals surface area contributed by atoms with Gasteiger partial charge in [-0.1, -0.05) is 71.1 Å². The minimum absolute atomic E-state index is 0.0208. The molecule has 0 amide bonds. The Balaban J connectivity index is 3.07. The van der Waals surface area contributed by atoms with Gasteiger partial charge in [0.25, 0.3) is 0 Å². The Labute approximate surface area is 429 Å². The van der Waals surface area contributed by atoms with Gasteiger partial charge in [-0.25, -0.2) is 0 Å². The van der Waals surface area contributed by atoms with Crippen molar-refractivity contribution in [2.24, 2.45) is 0 Å². The fourth-order valence-corrected chi connectivity index (χ4v) is 5.99. The van der Waals surface area contributed by atoms with E-state index in [0.717, 1.165) is 13.0 Å². The first kappa shape index (κ1) is 70.2. The zero-order valence-electron chi connectivity index (χ0n) is 44.6. The fraction of sp³-hybridized carbons (Fsp3) is 1.00. The predicted octanol–water partition coefficient (Wildman–Crippen LogP) is 4.61. The van der Waals surface area contributed by atoms with Crippen LogP contribution in [0.3, 0.4) is 0 Å². The van der Waals surface area contributed by atoms with Crippen LogP contribution in [0.5, 0.6) is 0 Å². The summed E-state index contributed by atoms with van der Waals surface area (Å²) in [4.78, 5) is 0. The topological polar surface area (TPSA) is 196 Å². The Kier molecular flexibility index (Phi) is 68.4. The second-order valence-corrected chi connectivity index (χ2v) is 15.9. The van der Waals surface area contributed by atoms with Crippen LogP contribution in [0.15, 0.2) is 0 Å². The third-order valence-electron chi connectivity index (χ3n) is 9.82. The van der Waals surface area contributed by atoms with Crippen LogP contribution in [0.2, 0.25) is 0 Å². The van der Waals surface area contributed by atoms with Gasteiger partial charge in [-0.3, -0.25) is 0 Å². The van der Waals surface area contributed by atoms with Crippen LogP contribution in [0.4, 0.5) is 0 Å². The Bertz CT molecular complexity index is 836. The molecule has 0 atom stereocenters. The molecule has 20 heteroatoms. The zero-order valence-corrected chi connectivity index (χ0v) is 44.6. The van der Waals surface area contributed by atoms with E-state index >= 15 is 0 Å². The average molecular weight is 1040 g/mol. The van der Waals surface area contributed by atoms with Crippen molar-refractivity contribution >= 4 is 0 Å². The van der Waals surface area contributed by atoms with Gasteiger partial charge in [-0.15, -0.1) is 0 Å². The van der Waals surface area contributed by atoms with Gasteiger partial charge in [0.05, 0.1) is 251 Å². The van der Waals surface area contributed by atoms with E-state index in [-0.39, 0.29) is 6.61 Å². The molecule has 0 rings (SSSR count). The SMILES string of the molecule is CCCCCCCCCCCCCOCCOCCOCCOCCOCCOCCOCCOCCOCCOCCOCCOCCOCCOCCOCCOCCOCCOCCOCCO. The first-order valence-corrected chi connectivity index (χ1v) is 27.0. The van der Waals surface area contributed by atoms with Crippen molar-refractivity contribution < 1.29 is 95.1 Å². The molecule has 0 aliphatic heterocycles. The minimum Gasteiger partial charge on any atom is -0.394 e. The fourth-order valence-electron chi connectivity index (χ4n) is 5.99. The summed E-state index contributed by atoms with van der Waals surface area (Å²) >= 11 is 0. The van der Waals surface area contributed by atoms with Crippen molar-refractivity contribution in [3.63, 3.8) is 0 Å². The van der Waals surface area contributed by atoms with Crippen LogP contribution >= 0.6 is 0 Å². The lowest BCUT2D eigenvalue weighted by Crippen LogP contribution is -2.16. The van der Waals surface area contributed by atoms with Crippen LogP contribution in [0, 0.1) is 0 Å². The van der Waals surface area contributed by atoms with Gasteiger partial charge in [0.1, 0.15) is 0 Å². The van der Waals surface area contributed by atoms with Gasteiger partial charge in [0, 0.05) is 6.61 Å². The van der Waals surface area contributed by atoms with Crippen molar-refractivity contribution in [3.8, 4) is 0 Å². The second kappa shape index (κ2) is 69.2. The zero-order chi connectivity index (χ0) is 50.8. The normalized spacial score (nSPS) is 11.7. The molecule has 0 radical (unpaired) electrons. The van der Waals surface area contributed by atoms with Crippen LogP contribution in [-0.4, -0.2) is 263 Å². The van der Waals surface area contributed by atoms with Gasteiger partial charge < -0.3 is 95.1 Å². The molecule has 0 aromatic heterocycles. The van der Waals surface area contributed by atoms with Crippen molar-refractivity contribution in [2.75, 3.05) is 258 Å². The number of unbranched alkanes of at least 4 members (excludes halogenated alkanes) is 10. The van der Waals surface area contributed by atoms with E-state index in [0.29, 0.717) is 244 Å². The summed E-state index contributed by atoms with van der Waals surface area (Å²) in [6, 6.07) is 0. The van der Waals surface area contributed by atoms with Gasteiger partial charge in [-0.2, -0.15) is 0 Å². The molecular weight excluding hydrogens is 933 g/mol. The van der Waals surface area contributed by atoms with E-state index in [1.165, 1.54) is 64.2 Å². The number of rotatable bonds is 68. The van der Waals surface area contributed by atoms with Crippen LogP contribution < -0.4 is 0 Å². The quantitative estimate of drug-likeness (QED) is 0.0830. The highest BCUT2D eigenvalue weighted by Crippen LogP contribution is 2.11. The predicted molar refractivity (Wildman–Crippen MR) is 269 cm³/mol. The molecule has 0 aliphatic carbocycles. The lowest BCUT2D eigenvalue weighted by atomic mass is 10.1. The summed E-state index contributed by atoms with van der Waals surface area (Å²) in [6.07, 6.45) is 14.8. The standard InChI is InChI=1S/C51H104O20/c1-2-3-4-5-6-7-8-9-10-11-12-14-53-16-18-55-20-22-57-24-26-59-28-30-61-32-34-63-36-38-65-40-42-67-44-46-69-48-50-71-51-49-70-47-45-68-43-41-66-39-37-64-35-33-62-31-29-60-27-25-58-23-21-56-19-17-54-15-13-52/h52H,2-51H2,1H3. The Hall–Kier alpha value is -0.800. The average Bonchev–Trinajstić information content (AvgIpc) is 3.38. The summed E-state index contributed by atoms with van der Waals surface area (Å²) in [5.41, 5.74) is 0. The first-order chi connectivity index (χ1) is 35.4. The molecule has 428 valence electrons. The molecular formula is C51H104O20. The van der Waals surface area contributed by atoms with E-state index in [9.17, 15) is 0 Å². The Morgan fingerprint density at radius 3 is 0.437 bits per heavy atom. The summed E-state index contributed by atoms with van der Waals surface area (Å²) in [7, 11) is 0. The van der Waals surface area contributed by atoms with Gasteiger partial charge in [0.15, 0.2) is 0 Å². The van der Waals surface area contributed by atoms with Gasteiger partial charge >= 0.3 is 0 Å². The molecule has 0 bridgehead atoms. The van der Waals surface area contributed by atoms with Crippen molar-refractivity contribution in [1.82, 2.24) is 0 Å². The monoisotopic (exact) mass is 1040 g/mol. The molecule has 0 unspecified atom stereocenters. The summed E-state index contributed by atoms with van der Waals surface area (Å²) in [5.74, 6) is 0. The molecule has 71 heavy (non-hydrogen) atoms. The summed E-state index contributed by atoms with van der Waals surface area (Å²) in [6.45, 7) is 21.8. The maximum atomic E-state index is 8.61. The smallest absolute Gasteiger partial charge is 0.0701 e. The lowest BCUT2D eigenvalue weighted by Gasteiger charge is -2.09. The highest BCUT2D eigenvalue weighted by Gasteiger charge is 2.00. The highest BCUT2D eigenvalue weighted by molar-refractivity contribution is 4.49. The number of aliphatic hydroxyl groups excluding tert-OH is 1. The third-order valence-corrected chi connectivity index (χ3v) is 9.82. The largest absolute Gasteiger partial charge is 0.394 e. The molecule has 0 heterocycles. The van der Waals surface area contributed by atoms with Crippen LogP contribution in [-0.2, 0) is 90.0 Å². The maximum absolute atomic E-state index is 8.61. The molecule has 0 aromatic rings. The van der Waals surface area contributed by atoms with Gasteiger partial charge in [0.2, 0.25) is 0 Å². The highest BCUT2D eigenvalue weighted by atomic mass is 16.6. The molecule has 0 saturated heterocycles. The van der Waals surface area contributed by atoms with E-state index in [2.05, 4.69) is 6.92 Å². The molecule has 0 aromatic carbocycles. The molecule has 0 aliphatic rings. The number of ether oxygens (including phenoxy) is 19. The molecule has 0 saturated carbocycles. The maximum Gasteiger partial charge on any atom is 0.0701 e. The van der Waals surface area contributed by atoms with E-state index in [1.54, 1.807) is 0 Å². The molecule has 1 N–H and O–H groups in total. The Morgan fingerprint density at radius 2 is 0.282 bits per heavy atom. The van der Waals surface area contributed by atoms with Crippen LogP contribution in [0.1, 0.15) is 77.6 Å². The number of hydrogen-bond acceptors (Lipinski definition) is 20. The molecule has 0 spiro atoms. The Morgan fingerprint density at radius 1 is 0.155 bits per heavy atom. The third kappa shape index (κ3) is 69.2. The molecule has 0 fully saturated rings. The first-order valence-electron chi connectivity index (χ1n) is 27.0. The van der Waals surface area contributed by atoms with Crippen LogP contribution in [0.25, 0.3) is 0 Å². The minimum atomic E-state index is 0.0208. The van der Waals surface area contributed by atoms with Crippen molar-refractivity contribution in [1.29, 1.82) is 0 Å². The van der Waals surface area contributed by atoms with E-state index in [4.69, 9.17) is 95.1 Å². The summed E-state index contributed by atoms with van der Waals surface area (Å²) in [5, 5.41) is 8.61. The van der Waals surface area contributed by atoms with E-state index < -0.39 is 0 Å². The van der Waals surface area contributed by atoms with E-state index in [1.807, 2.05) is 0 Å². The number of aliphatic hydroxyl groups is 1. The number of hydrogen-bond donors (Lipinski definition) is 1.